The number of phenolic OH excluding ortho intramolecular Hbond substituents is 1. The van der Waals surface area contributed by atoms with Crippen molar-refractivity contribution in [3.05, 3.63) is 60.0 Å². The molecule has 0 atom stereocenters. The Morgan fingerprint density at radius 1 is 1.11 bits per heavy atom. The summed E-state index contributed by atoms with van der Waals surface area (Å²) in [4.78, 5) is 14.4. The first kappa shape index (κ1) is 17.3. The summed E-state index contributed by atoms with van der Waals surface area (Å²) in [5.74, 6) is 1.21. The number of hydrogen-bond donors (Lipinski definition) is 1. The van der Waals surface area contributed by atoms with Crippen LogP contribution in [-0.4, -0.2) is 27.8 Å². The van der Waals surface area contributed by atoms with Crippen molar-refractivity contribution in [3.8, 4) is 17.2 Å². The number of nitrogens with zero attached hydrogens (tertiary/aromatic N) is 3. The van der Waals surface area contributed by atoms with Crippen LogP contribution in [0.15, 0.2) is 52.9 Å². The normalized spacial score (nSPS) is 13.4. The van der Waals surface area contributed by atoms with Crippen LogP contribution in [0.3, 0.4) is 0 Å². The molecule has 27 heavy (non-hydrogen) atoms. The number of anilines is 1. The highest BCUT2D eigenvalue weighted by Crippen LogP contribution is 2.35. The Hall–Kier alpha value is -3.15. The van der Waals surface area contributed by atoms with Gasteiger partial charge >= 0.3 is 0 Å². The zero-order chi connectivity index (χ0) is 18.6. The standard InChI is InChI=1S/C21H21N3O3/c25-17-11-4-9-15-10-6-14-24(20(15)17)19(26)13-5-12-18-22-23-21(27-18)16-7-2-1-3-8-16/h1-4,7-9,11,25H,5-6,10,12-14H2. The van der Waals surface area contributed by atoms with E-state index in [1.54, 1.807) is 11.0 Å². The molecule has 0 saturated heterocycles. The van der Waals surface area contributed by atoms with E-state index in [-0.39, 0.29) is 11.7 Å². The number of aromatic hydroxyl groups is 1. The quantitative estimate of drug-likeness (QED) is 0.747. The Labute approximate surface area is 157 Å². The second kappa shape index (κ2) is 7.61. The fourth-order valence-corrected chi connectivity index (χ4v) is 3.46. The lowest BCUT2D eigenvalue weighted by Crippen LogP contribution is -2.35. The SMILES string of the molecule is O=C(CCCc1nnc(-c2ccccc2)o1)N1CCCc2cccc(O)c21. The van der Waals surface area contributed by atoms with Crippen LogP contribution in [0.4, 0.5) is 5.69 Å². The molecule has 0 spiro atoms. The molecule has 0 saturated carbocycles. The van der Waals surface area contributed by atoms with E-state index in [4.69, 9.17) is 4.42 Å². The highest BCUT2D eigenvalue weighted by atomic mass is 16.4. The fraction of sp³-hybridized carbons (Fsp3) is 0.286. The lowest BCUT2D eigenvalue weighted by atomic mass is 10.0. The number of hydrogen-bond acceptors (Lipinski definition) is 5. The van der Waals surface area contributed by atoms with Gasteiger partial charge in [0, 0.05) is 24.9 Å². The van der Waals surface area contributed by atoms with Crippen LogP contribution >= 0.6 is 0 Å². The van der Waals surface area contributed by atoms with E-state index < -0.39 is 0 Å². The summed E-state index contributed by atoms with van der Waals surface area (Å²) in [7, 11) is 0. The van der Waals surface area contributed by atoms with E-state index in [0.29, 0.717) is 43.3 Å². The summed E-state index contributed by atoms with van der Waals surface area (Å²) in [6.07, 6.45) is 3.34. The summed E-state index contributed by atoms with van der Waals surface area (Å²) in [5.41, 5.74) is 2.57. The predicted molar refractivity (Wildman–Crippen MR) is 101 cm³/mol. The summed E-state index contributed by atoms with van der Waals surface area (Å²) in [6.45, 7) is 0.641. The molecule has 2 heterocycles. The number of amides is 1. The number of carbonyl (C=O) groups is 1. The predicted octanol–water partition coefficient (Wildman–Crippen LogP) is 3.74. The van der Waals surface area contributed by atoms with Gasteiger partial charge < -0.3 is 14.4 Å². The highest BCUT2D eigenvalue weighted by Gasteiger charge is 2.25. The largest absolute Gasteiger partial charge is 0.506 e. The van der Waals surface area contributed by atoms with E-state index in [9.17, 15) is 9.90 Å². The van der Waals surface area contributed by atoms with Gasteiger partial charge in [0.15, 0.2) is 0 Å². The molecular formula is C21H21N3O3. The van der Waals surface area contributed by atoms with Gasteiger partial charge in [-0.2, -0.15) is 0 Å². The van der Waals surface area contributed by atoms with Crippen molar-refractivity contribution in [1.29, 1.82) is 0 Å². The molecule has 0 bridgehead atoms. The third-order valence-electron chi connectivity index (χ3n) is 4.77. The number of carbonyl (C=O) groups excluding carboxylic acids is 1. The zero-order valence-electron chi connectivity index (χ0n) is 15.0. The van der Waals surface area contributed by atoms with Gasteiger partial charge in [0.25, 0.3) is 0 Å². The second-order valence-electron chi connectivity index (χ2n) is 6.65. The maximum atomic E-state index is 12.7. The lowest BCUT2D eigenvalue weighted by molar-refractivity contribution is -0.118. The van der Waals surface area contributed by atoms with E-state index >= 15 is 0 Å². The van der Waals surface area contributed by atoms with Crippen LogP contribution in [0.2, 0.25) is 0 Å². The average Bonchev–Trinajstić information content (AvgIpc) is 3.17. The van der Waals surface area contributed by atoms with Crippen LogP contribution in [0, 0.1) is 0 Å². The van der Waals surface area contributed by atoms with Crippen molar-refractivity contribution in [2.75, 3.05) is 11.4 Å². The molecule has 2 aromatic carbocycles. The summed E-state index contributed by atoms with van der Waals surface area (Å²) >= 11 is 0. The number of aryl methyl sites for hydroxylation is 2. The van der Waals surface area contributed by atoms with Crippen LogP contribution in [0.5, 0.6) is 5.75 Å². The first-order valence-corrected chi connectivity index (χ1v) is 9.21. The van der Waals surface area contributed by atoms with Gasteiger partial charge in [0.05, 0.1) is 5.69 Å². The third kappa shape index (κ3) is 3.69. The lowest BCUT2D eigenvalue weighted by Gasteiger charge is -2.30. The van der Waals surface area contributed by atoms with Gasteiger partial charge in [-0.15, -0.1) is 10.2 Å². The van der Waals surface area contributed by atoms with E-state index in [2.05, 4.69) is 10.2 Å². The van der Waals surface area contributed by atoms with Gasteiger partial charge in [-0.25, -0.2) is 0 Å². The number of rotatable bonds is 5. The van der Waals surface area contributed by atoms with Crippen LogP contribution < -0.4 is 4.90 Å². The second-order valence-corrected chi connectivity index (χ2v) is 6.65. The Bertz CT molecular complexity index is 937. The van der Waals surface area contributed by atoms with Crippen LogP contribution in [0.1, 0.15) is 30.7 Å². The summed E-state index contributed by atoms with van der Waals surface area (Å²) in [6, 6.07) is 15.0. The number of aromatic nitrogens is 2. The Morgan fingerprint density at radius 3 is 2.81 bits per heavy atom. The van der Waals surface area contributed by atoms with Crippen LogP contribution in [0.25, 0.3) is 11.5 Å². The number of phenols is 1. The number of benzene rings is 2. The molecule has 1 amide bonds. The van der Waals surface area contributed by atoms with Crippen molar-refractivity contribution in [3.63, 3.8) is 0 Å². The van der Waals surface area contributed by atoms with Gasteiger partial charge in [0.1, 0.15) is 5.75 Å². The highest BCUT2D eigenvalue weighted by molar-refractivity contribution is 5.96. The minimum atomic E-state index is 0.0141. The fourth-order valence-electron chi connectivity index (χ4n) is 3.46. The molecule has 6 nitrogen and oxygen atoms in total. The Morgan fingerprint density at radius 2 is 1.96 bits per heavy atom. The maximum absolute atomic E-state index is 12.7. The van der Waals surface area contributed by atoms with Crippen molar-refractivity contribution in [2.45, 2.75) is 32.1 Å². The maximum Gasteiger partial charge on any atom is 0.247 e. The molecule has 1 N–H and O–H groups in total. The molecule has 0 aliphatic carbocycles. The minimum absolute atomic E-state index is 0.0141. The Kier molecular flexibility index (Phi) is 4.87. The number of fused-ring (bicyclic) bond motifs is 1. The molecule has 138 valence electrons. The molecule has 1 aliphatic heterocycles. The first-order chi connectivity index (χ1) is 13.2. The monoisotopic (exact) mass is 363 g/mol. The molecule has 3 aromatic rings. The van der Waals surface area contributed by atoms with Gasteiger partial charge in [0.2, 0.25) is 17.7 Å². The zero-order valence-corrected chi connectivity index (χ0v) is 15.0. The van der Waals surface area contributed by atoms with Gasteiger partial charge in [-0.3, -0.25) is 4.79 Å². The minimum Gasteiger partial charge on any atom is -0.506 e. The van der Waals surface area contributed by atoms with Crippen molar-refractivity contribution in [1.82, 2.24) is 10.2 Å². The topological polar surface area (TPSA) is 79.5 Å². The molecule has 0 radical (unpaired) electrons. The van der Waals surface area contributed by atoms with Crippen molar-refractivity contribution < 1.29 is 14.3 Å². The smallest absolute Gasteiger partial charge is 0.247 e. The third-order valence-corrected chi connectivity index (χ3v) is 4.77. The van der Waals surface area contributed by atoms with Crippen molar-refractivity contribution in [2.24, 2.45) is 0 Å². The molecule has 1 aliphatic rings. The molecule has 0 fully saturated rings. The van der Waals surface area contributed by atoms with E-state index in [1.807, 2.05) is 42.5 Å². The average molecular weight is 363 g/mol. The van der Waals surface area contributed by atoms with Gasteiger partial charge in [-0.05, 0) is 43.0 Å². The number of para-hydroxylation sites is 1. The molecular weight excluding hydrogens is 342 g/mol. The summed E-state index contributed by atoms with van der Waals surface area (Å²) < 4.78 is 5.69. The van der Waals surface area contributed by atoms with Gasteiger partial charge in [-0.1, -0.05) is 30.3 Å². The molecule has 1 aromatic heterocycles. The molecule has 6 heteroatoms. The van der Waals surface area contributed by atoms with Crippen LogP contribution in [-0.2, 0) is 17.6 Å². The first-order valence-electron chi connectivity index (χ1n) is 9.21. The molecule has 4 rings (SSSR count). The van der Waals surface area contributed by atoms with E-state index in [0.717, 1.165) is 24.0 Å². The Balaban J connectivity index is 1.37. The summed E-state index contributed by atoms with van der Waals surface area (Å²) in [5, 5.41) is 18.3. The van der Waals surface area contributed by atoms with Crippen molar-refractivity contribution >= 4 is 11.6 Å². The van der Waals surface area contributed by atoms with E-state index in [1.165, 1.54) is 0 Å². The molecule has 0 unspecified atom stereocenters.